The van der Waals surface area contributed by atoms with Crippen molar-refractivity contribution in [2.45, 2.75) is 13.5 Å². The molecule has 0 saturated carbocycles. The maximum absolute atomic E-state index is 12.7. The number of hydrogen-bond donors (Lipinski definition) is 0. The van der Waals surface area contributed by atoms with Gasteiger partial charge >= 0.3 is 0 Å². The van der Waals surface area contributed by atoms with E-state index in [2.05, 4.69) is 4.98 Å². The Hall–Kier alpha value is -2.40. The van der Waals surface area contributed by atoms with Crippen LogP contribution in [0.25, 0.3) is 10.2 Å². The lowest BCUT2D eigenvalue weighted by molar-refractivity contribution is 0.0996. The molecule has 2 aromatic carbocycles. The molecule has 1 aromatic heterocycles. The monoisotopic (exact) mass is 310 g/mol. The van der Waals surface area contributed by atoms with Crippen LogP contribution in [0.5, 0.6) is 5.75 Å². The Morgan fingerprint density at radius 1 is 1.23 bits per heavy atom. The van der Waals surface area contributed by atoms with Crippen LogP contribution in [0.1, 0.15) is 20.9 Å². The van der Waals surface area contributed by atoms with Gasteiger partial charge in [0.15, 0.2) is 0 Å². The fourth-order valence-corrected chi connectivity index (χ4v) is 3.62. The molecular formula is C17H14N2O2S. The first-order valence-corrected chi connectivity index (χ1v) is 7.83. The lowest BCUT2D eigenvalue weighted by Crippen LogP contribution is -2.22. The van der Waals surface area contributed by atoms with E-state index in [0.29, 0.717) is 17.9 Å². The molecule has 1 amide bonds. The quantitative estimate of drug-likeness (QED) is 0.723. The summed E-state index contributed by atoms with van der Waals surface area (Å²) in [6.07, 6.45) is 0. The second kappa shape index (κ2) is 4.81. The molecule has 0 atom stereocenters. The molecule has 110 valence electrons. The zero-order valence-corrected chi connectivity index (χ0v) is 13.1. The molecule has 2 heterocycles. The summed E-state index contributed by atoms with van der Waals surface area (Å²) >= 11 is 1.67. The summed E-state index contributed by atoms with van der Waals surface area (Å²) in [6, 6.07) is 11.7. The number of aromatic nitrogens is 1. The van der Waals surface area contributed by atoms with E-state index in [1.54, 1.807) is 23.3 Å². The van der Waals surface area contributed by atoms with Gasteiger partial charge in [0.25, 0.3) is 5.91 Å². The normalized spacial score (nSPS) is 13.7. The first kappa shape index (κ1) is 13.3. The highest BCUT2D eigenvalue weighted by Crippen LogP contribution is 2.33. The highest BCUT2D eigenvalue weighted by molar-refractivity contribution is 7.18. The molecule has 5 heteroatoms. The van der Waals surface area contributed by atoms with Crippen LogP contribution in [0.15, 0.2) is 36.4 Å². The van der Waals surface area contributed by atoms with Crippen molar-refractivity contribution < 1.29 is 9.53 Å². The number of anilines is 1. The number of rotatable bonds is 2. The Morgan fingerprint density at radius 2 is 2.09 bits per heavy atom. The second-order valence-electron chi connectivity index (χ2n) is 5.30. The van der Waals surface area contributed by atoms with Gasteiger partial charge in [-0.05, 0) is 42.8 Å². The zero-order chi connectivity index (χ0) is 15.3. The van der Waals surface area contributed by atoms with Crippen molar-refractivity contribution in [1.82, 2.24) is 4.98 Å². The van der Waals surface area contributed by atoms with Crippen molar-refractivity contribution in [2.75, 3.05) is 12.0 Å². The third kappa shape index (κ3) is 1.97. The summed E-state index contributed by atoms with van der Waals surface area (Å²) in [5.74, 6) is 0.722. The van der Waals surface area contributed by atoms with Crippen LogP contribution < -0.4 is 9.64 Å². The zero-order valence-electron chi connectivity index (χ0n) is 12.3. The van der Waals surface area contributed by atoms with E-state index < -0.39 is 0 Å². The van der Waals surface area contributed by atoms with E-state index in [0.717, 1.165) is 26.5 Å². The number of methoxy groups -OCH3 is 1. The molecule has 0 spiro atoms. The Bertz CT molecular complexity index is 901. The first-order valence-electron chi connectivity index (χ1n) is 7.02. The number of aryl methyl sites for hydroxylation is 1. The van der Waals surface area contributed by atoms with Gasteiger partial charge in [0.2, 0.25) is 0 Å². The van der Waals surface area contributed by atoms with Crippen molar-refractivity contribution in [2.24, 2.45) is 0 Å². The summed E-state index contributed by atoms with van der Waals surface area (Å²) in [5, 5.41) is 1.04. The number of nitrogens with zero attached hydrogens (tertiary/aromatic N) is 2. The molecular weight excluding hydrogens is 296 g/mol. The second-order valence-corrected chi connectivity index (χ2v) is 6.53. The van der Waals surface area contributed by atoms with Gasteiger partial charge in [-0.25, -0.2) is 4.98 Å². The molecule has 22 heavy (non-hydrogen) atoms. The average molecular weight is 310 g/mol. The van der Waals surface area contributed by atoms with Crippen molar-refractivity contribution in [3.05, 3.63) is 52.5 Å². The minimum absolute atomic E-state index is 0.0141. The van der Waals surface area contributed by atoms with E-state index in [9.17, 15) is 4.79 Å². The van der Waals surface area contributed by atoms with E-state index in [1.807, 2.05) is 43.3 Å². The molecule has 4 nitrogen and oxygen atoms in total. The first-order chi connectivity index (χ1) is 10.7. The van der Waals surface area contributed by atoms with E-state index in [-0.39, 0.29) is 5.91 Å². The maximum atomic E-state index is 12.7. The molecule has 1 aliphatic rings. The standard InChI is InChI=1S/C17H14N2O2S/c1-10-18-15-7-12(4-6-16(15)22-10)19-9-11-3-5-13(21-2)8-14(11)17(19)20/h3-8H,9H2,1-2H3. The van der Waals surface area contributed by atoms with Crippen LogP contribution in [-0.4, -0.2) is 18.0 Å². The number of hydrogen-bond acceptors (Lipinski definition) is 4. The average Bonchev–Trinajstić information content (AvgIpc) is 3.05. The minimum atomic E-state index is 0.0141. The van der Waals surface area contributed by atoms with Crippen molar-refractivity contribution >= 4 is 33.1 Å². The van der Waals surface area contributed by atoms with Crippen LogP contribution >= 0.6 is 11.3 Å². The molecule has 0 bridgehead atoms. The fraction of sp³-hybridized carbons (Fsp3) is 0.176. The molecule has 0 saturated heterocycles. The number of thiazole rings is 1. The van der Waals surface area contributed by atoms with E-state index >= 15 is 0 Å². The summed E-state index contributed by atoms with van der Waals surface area (Å²) in [7, 11) is 1.61. The molecule has 3 aromatic rings. The van der Waals surface area contributed by atoms with Crippen LogP contribution in [0.3, 0.4) is 0 Å². The highest BCUT2D eigenvalue weighted by atomic mass is 32.1. The van der Waals surface area contributed by atoms with E-state index in [4.69, 9.17) is 4.74 Å². The number of carbonyl (C=O) groups excluding carboxylic acids is 1. The van der Waals surface area contributed by atoms with Crippen LogP contribution in [-0.2, 0) is 6.54 Å². The third-order valence-electron chi connectivity index (χ3n) is 3.91. The third-order valence-corrected chi connectivity index (χ3v) is 4.86. The summed E-state index contributed by atoms with van der Waals surface area (Å²) in [4.78, 5) is 19.0. The summed E-state index contributed by atoms with van der Waals surface area (Å²) in [5.41, 5.74) is 3.58. The van der Waals surface area contributed by atoms with Crippen LogP contribution in [0.4, 0.5) is 5.69 Å². The number of benzene rings is 2. The number of fused-ring (bicyclic) bond motifs is 2. The Balaban J connectivity index is 1.75. The number of amides is 1. The number of ether oxygens (including phenoxy) is 1. The lowest BCUT2D eigenvalue weighted by atomic mass is 10.1. The highest BCUT2D eigenvalue weighted by Gasteiger charge is 2.29. The smallest absolute Gasteiger partial charge is 0.259 e. The molecule has 1 aliphatic heterocycles. The SMILES string of the molecule is COc1ccc2c(c1)C(=O)N(c1ccc3sc(C)nc3c1)C2. The summed E-state index contributed by atoms with van der Waals surface area (Å²) in [6.45, 7) is 2.58. The molecule has 0 unspecified atom stereocenters. The summed E-state index contributed by atoms with van der Waals surface area (Å²) < 4.78 is 6.36. The van der Waals surface area contributed by atoms with Crippen molar-refractivity contribution in [3.63, 3.8) is 0 Å². The lowest BCUT2D eigenvalue weighted by Gasteiger charge is -2.15. The van der Waals surface area contributed by atoms with Gasteiger partial charge in [-0.2, -0.15) is 0 Å². The predicted octanol–water partition coefficient (Wildman–Crippen LogP) is 3.77. The Labute approximate surface area is 132 Å². The molecule has 0 fully saturated rings. The van der Waals surface area contributed by atoms with Gasteiger partial charge in [0.1, 0.15) is 5.75 Å². The van der Waals surface area contributed by atoms with Gasteiger partial charge in [0.05, 0.1) is 28.9 Å². The largest absolute Gasteiger partial charge is 0.497 e. The van der Waals surface area contributed by atoms with Gasteiger partial charge < -0.3 is 9.64 Å². The van der Waals surface area contributed by atoms with Crippen molar-refractivity contribution in [3.8, 4) is 5.75 Å². The maximum Gasteiger partial charge on any atom is 0.259 e. The number of carbonyl (C=O) groups is 1. The predicted molar refractivity (Wildman–Crippen MR) is 87.9 cm³/mol. The van der Waals surface area contributed by atoms with Crippen LogP contribution in [0.2, 0.25) is 0 Å². The Kier molecular flexibility index (Phi) is 2.90. The molecule has 0 aliphatic carbocycles. The minimum Gasteiger partial charge on any atom is -0.497 e. The fourth-order valence-electron chi connectivity index (χ4n) is 2.81. The van der Waals surface area contributed by atoms with Crippen LogP contribution in [0, 0.1) is 6.92 Å². The molecule has 4 rings (SSSR count). The van der Waals surface area contributed by atoms with Gasteiger partial charge in [-0.3, -0.25) is 4.79 Å². The molecule has 0 N–H and O–H groups in total. The van der Waals surface area contributed by atoms with Gasteiger partial charge in [-0.15, -0.1) is 11.3 Å². The van der Waals surface area contributed by atoms with Gasteiger partial charge in [-0.1, -0.05) is 6.07 Å². The van der Waals surface area contributed by atoms with E-state index in [1.165, 1.54) is 0 Å². The van der Waals surface area contributed by atoms with Crippen molar-refractivity contribution in [1.29, 1.82) is 0 Å². The molecule has 0 radical (unpaired) electrons. The van der Waals surface area contributed by atoms with Gasteiger partial charge in [0, 0.05) is 11.3 Å². The topological polar surface area (TPSA) is 42.4 Å². The Morgan fingerprint density at radius 3 is 2.91 bits per heavy atom.